The number of fused-ring (bicyclic) bond motifs is 1. The first-order valence-electron chi connectivity index (χ1n) is 3.62. The van der Waals surface area contributed by atoms with Crippen LogP contribution < -0.4 is 0 Å². The average Bonchev–Trinajstić information content (AvgIpc) is 2.05. The van der Waals surface area contributed by atoms with Crippen LogP contribution in [0.5, 0.6) is 0 Å². The molecule has 1 heterocycles. The minimum Gasteiger partial charge on any atom is -0.297 e. The molecule has 0 aromatic carbocycles. The molecule has 0 aromatic rings. The molecule has 69 valence electrons. The Kier molecular flexibility index (Phi) is 4.91. The summed E-state index contributed by atoms with van der Waals surface area (Å²) in [5.41, 5.74) is 0. The van der Waals surface area contributed by atoms with E-state index in [1.807, 2.05) is 0 Å². The summed E-state index contributed by atoms with van der Waals surface area (Å²) in [7, 11) is 0. The van der Waals surface area contributed by atoms with Gasteiger partial charge in [0.1, 0.15) is 12.2 Å². The van der Waals surface area contributed by atoms with E-state index in [4.69, 9.17) is 8.37 Å². The van der Waals surface area contributed by atoms with Gasteiger partial charge in [-0.05, 0) is 12.8 Å². The summed E-state index contributed by atoms with van der Waals surface area (Å²) in [5.74, 6) is 0. The van der Waals surface area contributed by atoms with Crippen LogP contribution in [0.2, 0.25) is 0 Å². The molecule has 1 aliphatic carbocycles. The standard InChI is InChI=1S/C6H10O2S2.Ag/c1-2-4-6-5(3-1)7-9-10-8-6;/h5-6H,1-4H2;. The molecule has 2 unspecified atom stereocenters. The predicted octanol–water partition coefficient (Wildman–Crippen LogP) is 2.55. The molecule has 0 spiro atoms. The first kappa shape index (κ1) is 10.4. The monoisotopic (exact) mass is 285 g/mol. The van der Waals surface area contributed by atoms with Crippen molar-refractivity contribution < 1.29 is 30.7 Å². The molecule has 0 bridgehead atoms. The molecule has 1 aliphatic heterocycles. The van der Waals surface area contributed by atoms with Gasteiger partial charge in [-0.2, -0.15) is 0 Å². The molecule has 1 saturated heterocycles. The summed E-state index contributed by atoms with van der Waals surface area (Å²) >= 11 is 2.75. The smallest absolute Gasteiger partial charge is 0.101 e. The maximum absolute atomic E-state index is 5.44. The van der Waals surface area contributed by atoms with Crippen LogP contribution in [0.1, 0.15) is 25.7 Å². The number of hydrogen-bond acceptors (Lipinski definition) is 4. The molecule has 2 atom stereocenters. The second-order valence-corrected chi connectivity index (χ2v) is 4.16. The van der Waals surface area contributed by atoms with Crippen LogP contribution in [-0.2, 0) is 30.7 Å². The van der Waals surface area contributed by atoms with E-state index in [9.17, 15) is 0 Å². The summed E-state index contributed by atoms with van der Waals surface area (Å²) in [5, 5.41) is 0. The van der Waals surface area contributed by atoms with Gasteiger partial charge in [0.15, 0.2) is 0 Å². The number of hydrogen-bond donors (Lipinski definition) is 0. The summed E-state index contributed by atoms with van der Waals surface area (Å²) in [6, 6.07) is 0. The molecule has 11 heavy (non-hydrogen) atoms. The Hall–Kier alpha value is 1.36. The molecule has 2 fully saturated rings. The Bertz CT molecular complexity index is 99.1. The zero-order valence-corrected chi connectivity index (χ0v) is 9.03. The van der Waals surface area contributed by atoms with Gasteiger partial charge in [-0.1, -0.05) is 12.8 Å². The predicted molar refractivity (Wildman–Crippen MR) is 43.4 cm³/mol. The fraction of sp³-hybridized carbons (Fsp3) is 1.00. The molecule has 2 rings (SSSR count). The van der Waals surface area contributed by atoms with Gasteiger partial charge in [-0.3, -0.25) is 8.37 Å². The van der Waals surface area contributed by atoms with E-state index in [1.165, 1.54) is 47.8 Å². The van der Waals surface area contributed by atoms with Crippen molar-refractivity contribution in [3.8, 4) is 0 Å². The van der Waals surface area contributed by atoms with Gasteiger partial charge in [-0.15, -0.1) is 0 Å². The second-order valence-electron chi connectivity index (χ2n) is 2.69. The van der Waals surface area contributed by atoms with Crippen molar-refractivity contribution >= 4 is 22.1 Å². The largest absolute Gasteiger partial charge is 0.297 e. The van der Waals surface area contributed by atoms with Gasteiger partial charge in [0.25, 0.3) is 0 Å². The molecule has 0 N–H and O–H groups in total. The molecular weight excluding hydrogens is 276 g/mol. The first-order chi connectivity index (χ1) is 4.97. The minimum absolute atomic E-state index is 0. The van der Waals surface area contributed by atoms with E-state index >= 15 is 0 Å². The van der Waals surface area contributed by atoms with Crippen LogP contribution in [0.25, 0.3) is 0 Å². The molecule has 0 aromatic heterocycles. The van der Waals surface area contributed by atoms with Crippen LogP contribution in [0.15, 0.2) is 0 Å². The van der Waals surface area contributed by atoms with E-state index in [-0.39, 0.29) is 22.4 Å². The third-order valence-corrected chi connectivity index (χ3v) is 3.34. The summed E-state index contributed by atoms with van der Waals surface area (Å²) in [4.78, 5) is 0. The molecule has 5 heteroatoms. The zero-order chi connectivity index (χ0) is 6.81. The Morgan fingerprint density at radius 1 is 0.909 bits per heavy atom. The van der Waals surface area contributed by atoms with Crippen molar-refractivity contribution in [3.63, 3.8) is 0 Å². The molecular formula is C6H10AgO2S2. The van der Waals surface area contributed by atoms with E-state index in [0.717, 1.165) is 0 Å². The van der Waals surface area contributed by atoms with E-state index in [1.54, 1.807) is 0 Å². The van der Waals surface area contributed by atoms with E-state index in [0.29, 0.717) is 12.2 Å². The van der Waals surface area contributed by atoms with Gasteiger partial charge in [-0.25, -0.2) is 0 Å². The fourth-order valence-corrected chi connectivity index (χ4v) is 2.92. The Morgan fingerprint density at radius 2 is 1.36 bits per heavy atom. The van der Waals surface area contributed by atoms with E-state index < -0.39 is 0 Å². The second kappa shape index (κ2) is 5.17. The van der Waals surface area contributed by atoms with E-state index in [2.05, 4.69) is 0 Å². The van der Waals surface area contributed by atoms with Crippen molar-refractivity contribution in [2.45, 2.75) is 37.9 Å². The van der Waals surface area contributed by atoms with Crippen molar-refractivity contribution in [2.75, 3.05) is 0 Å². The maximum atomic E-state index is 5.44. The van der Waals surface area contributed by atoms with Crippen LogP contribution in [0.4, 0.5) is 0 Å². The molecule has 2 aliphatic rings. The van der Waals surface area contributed by atoms with Gasteiger partial charge in [0.05, 0.1) is 22.1 Å². The topological polar surface area (TPSA) is 18.5 Å². The minimum atomic E-state index is 0. The van der Waals surface area contributed by atoms with Gasteiger partial charge in [0, 0.05) is 22.4 Å². The molecule has 1 saturated carbocycles. The quantitative estimate of drug-likeness (QED) is 0.387. The third-order valence-electron chi connectivity index (χ3n) is 2.00. The summed E-state index contributed by atoms with van der Waals surface area (Å²) in [6.45, 7) is 0. The van der Waals surface area contributed by atoms with Crippen molar-refractivity contribution in [3.05, 3.63) is 0 Å². The van der Waals surface area contributed by atoms with Crippen LogP contribution >= 0.6 is 22.1 Å². The van der Waals surface area contributed by atoms with Crippen molar-refractivity contribution in [1.82, 2.24) is 0 Å². The third kappa shape index (κ3) is 2.66. The zero-order valence-electron chi connectivity index (χ0n) is 5.92. The van der Waals surface area contributed by atoms with Crippen LogP contribution in [-0.4, -0.2) is 12.2 Å². The van der Waals surface area contributed by atoms with Gasteiger partial charge in [0.2, 0.25) is 0 Å². The maximum Gasteiger partial charge on any atom is 0.101 e. The Morgan fingerprint density at radius 3 is 1.82 bits per heavy atom. The van der Waals surface area contributed by atoms with Crippen molar-refractivity contribution in [1.29, 1.82) is 0 Å². The first-order valence-corrected chi connectivity index (χ1v) is 5.62. The van der Waals surface area contributed by atoms with Gasteiger partial charge < -0.3 is 0 Å². The molecule has 0 amide bonds. The molecule has 1 radical (unpaired) electrons. The SMILES string of the molecule is C1CCC2OSSOC2C1.[Ag]. The summed E-state index contributed by atoms with van der Waals surface area (Å²) in [6.07, 6.45) is 5.71. The van der Waals surface area contributed by atoms with Crippen molar-refractivity contribution in [2.24, 2.45) is 0 Å². The number of rotatable bonds is 0. The Labute approximate surface area is 90.5 Å². The average molecular weight is 286 g/mol. The van der Waals surface area contributed by atoms with Crippen LogP contribution in [0, 0.1) is 0 Å². The normalized spacial score (nSPS) is 37.1. The Balaban J connectivity index is 0.000000605. The fourth-order valence-electron chi connectivity index (χ4n) is 1.42. The summed E-state index contributed by atoms with van der Waals surface area (Å²) < 4.78 is 10.9. The van der Waals surface area contributed by atoms with Crippen LogP contribution in [0.3, 0.4) is 0 Å². The van der Waals surface area contributed by atoms with Gasteiger partial charge >= 0.3 is 0 Å². The molecule has 2 nitrogen and oxygen atoms in total.